The van der Waals surface area contributed by atoms with Crippen LogP contribution < -0.4 is 10.6 Å². The number of amides is 2. The van der Waals surface area contributed by atoms with Crippen molar-refractivity contribution in [2.45, 2.75) is 43.0 Å². The average Bonchev–Trinajstić information content (AvgIpc) is 3.13. The van der Waals surface area contributed by atoms with Crippen LogP contribution in [0.3, 0.4) is 0 Å². The van der Waals surface area contributed by atoms with Crippen LogP contribution in [0, 0.1) is 0 Å². The summed E-state index contributed by atoms with van der Waals surface area (Å²) in [5.41, 5.74) is 0.520. The molecule has 1 aliphatic heterocycles. The Morgan fingerprint density at radius 2 is 2.04 bits per heavy atom. The fourth-order valence-corrected chi connectivity index (χ4v) is 3.51. The summed E-state index contributed by atoms with van der Waals surface area (Å²) in [4.78, 5) is 31.1. The summed E-state index contributed by atoms with van der Waals surface area (Å²) >= 11 is 1.35. The fourth-order valence-electron chi connectivity index (χ4n) is 2.51. The van der Waals surface area contributed by atoms with Gasteiger partial charge >= 0.3 is 0 Å². The zero-order valence-electron chi connectivity index (χ0n) is 14.5. The first-order valence-electron chi connectivity index (χ1n) is 8.39. The quantitative estimate of drug-likeness (QED) is 0.730. The van der Waals surface area contributed by atoms with Gasteiger partial charge in [0.2, 0.25) is 5.91 Å². The zero-order chi connectivity index (χ0) is 17.5. The van der Waals surface area contributed by atoms with Crippen LogP contribution in [-0.2, 0) is 4.79 Å². The lowest BCUT2D eigenvalue weighted by Gasteiger charge is -2.20. The molecular formula is C17H26N4O2S. The van der Waals surface area contributed by atoms with Crippen molar-refractivity contribution in [3.63, 3.8) is 0 Å². The third-order valence-electron chi connectivity index (χ3n) is 4.13. The SMILES string of the molecule is CNC(C)CNC(=O)c1cccnc1SC(C)C(=O)N1CCCC1. The highest BCUT2D eigenvalue weighted by molar-refractivity contribution is 8.00. The van der Waals surface area contributed by atoms with Crippen LogP contribution in [0.2, 0.25) is 0 Å². The molecule has 2 atom stereocenters. The predicted octanol–water partition coefficient (Wildman–Crippen LogP) is 1.52. The summed E-state index contributed by atoms with van der Waals surface area (Å²) in [6, 6.07) is 3.69. The third kappa shape index (κ3) is 4.95. The van der Waals surface area contributed by atoms with E-state index < -0.39 is 0 Å². The van der Waals surface area contributed by atoms with Gasteiger partial charge in [-0.3, -0.25) is 9.59 Å². The lowest BCUT2D eigenvalue weighted by molar-refractivity contribution is -0.129. The van der Waals surface area contributed by atoms with Crippen LogP contribution in [0.15, 0.2) is 23.4 Å². The van der Waals surface area contributed by atoms with E-state index in [1.807, 2.05) is 25.8 Å². The summed E-state index contributed by atoms with van der Waals surface area (Å²) in [6.45, 7) is 6.08. The van der Waals surface area contributed by atoms with Gasteiger partial charge < -0.3 is 15.5 Å². The van der Waals surface area contributed by atoms with Crippen molar-refractivity contribution >= 4 is 23.6 Å². The Bertz CT molecular complexity index is 575. The number of aromatic nitrogens is 1. The number of thioether (sulfide) groups is 1. The Kier molecular flexibility index (Phi) is 7.05. The van der Waals surface area contributed by atoms with Gasteiger partial charge in [0.25, 0.3) is 5.91 Å². The minimum absolute atomic E-state index is 0.123. The van der Waals surface area contributed by atoms with Crippen molar-refractivity contribution in [3.8, 4) is 0 Å². The molecule has 1 saturated heterocycles. The Labute approximate surface area is 147 Å². The van der Waals surface area contributed by atoms with E-state index in [2.05, 4.69) is 15.6 Å². The predicted molar refractivity (Wildman–Crippen MR) is 96.2 cm³/mol. The number of likely N-dealkylation sites (N-methyl/N-ethyl adjacent to an activating group) is 1. The fraction of sp³-hybridized carbons (Fsp3) is 0.588. The van der Waals surface area contributed by atoms with Gasteiger partial charge in [-0.2, -0.15) is 0 Å². The van der Waals surface area contributed by atoms with E-state index in [9.17, 15) is 9.59 Å². The number of likely N-dealkylation sites (tertiary alicyclic amines) is 1. The molecule has 2 unspecified atom stereocenters. The van der Waals surface area contributed by atoms with E-state index in [1.165, 1.54) is 11.8 Å². The molecule has 2 rings (SSSR count). The minimum Gasteiger partial charge on any atom is -0.350 e. The zero-order valence-corrected chi connectivity index (χ0v) is 15.4. The highest BCUT2D eigenvalue weighted by Gasteiger charge is 2.25. The topological polar surface area (TPSA) is 74.3 Å². The molecule has 2 heterocycles. The van der Waals surface area contributed by atoms with Crippen molar-refractivity contribution in [1.82, 2.24) is 20.5 Å². The third-order valence-corrected chi connectivity index (χ3v) is 5.24. The van der Waals surface area contributed by atoms with Gasteiger partial charge in [-0.05, 0) is 45.9 Å². The summed E-state index contributed by atoms with van der Waals surface area (Å²) in [5.74, 6) is -0.0353. The smallest absolute Gasteiger partial charge is 0.254 e. The molecule has 0 radical (unpaired) electrons. The lowest BCUT2D eigenvalue weighted by atomic mass is 10.2. The van der Waals surface area contributed by atoms with Crippen LogP contribution >= 0.6 is 11.8 Å². The second-order valence-corrected chi connectivity index (χ2v) is 7.38. The van der Waals surface area contributed by atoms with E-state index in [0.29, 0.717) is 17.1 Å². The van der Waals surface area contributed by atoms with Gasteiger partial charge in [0.1, 0.15) is 5.03 Å². The van der Waals surface area contributed by atoms with E-state index in [1.54, 1.807) is 18.3 Å². The second kappa shape index (κ2) is 9.03. The number of nitrogens with one attached hydrogen (secondary N) is 2. The summed E-state index contributed by atoms with van der Waals surface area (Å²) in [5, 5.41) is 6.33. The van der Waals surface area contributed by atoms with E-state index in [0.717, 1.165) is 25.9 Å². The largest absolute Gasteiger partial charge is 0.350 e. The van der Waals surface area contributed by atoms with Crippen molar-refractivity contribution < 1.29 is 9.59 Å². The Morgan fingerprint density at radius 3 is 2.71 bits per heavy atom. The van der Waals surface area contributed by atoms with Gasteiger partial charge in [0.15, 0.2) is 0 Å². The van der Waals surface area contributed by atoms with Gasteiger partial charge in [-0.1, -0.05) is 11.8 Å². The Morgan fingerprint density at radius 1 is 1.33 bits per heavy atom. The van der Waals surface area contributed by atoms with Gasteiger partial charge in [0.05, 0.1) is 10.8 Å². The number of hydrogen-bond acceptors (Lipinski definition) is 5. The van der Waals surface area contributed by atoms with E-state index >= 15 is 0 Å². The van der Waals surface area contributed by atoms with Gasteiger partial charge in [0, 0.05) is 31.9 Å². The van der Waals surface area contributed by atoms with Crippen molar-refractivity contribution in [2.75, 3.05) is 26.7 Å². The molecule has 0 saturated carbocycles. The molecule has 6 nitrogen and oxygen atoms in total. The van der Waals surface area contributed by atoms with E-state index in [-0.39, 0.29) is 23.1 Å². The van der Waals surface area contributed by atoms with E-state index in [4.69, 9.17) is 0 Å². The number of nitrogens with zero attached hydrogens (tertiary/aromatic N) is 2. The molecule has 0 aromatic carbocycles. The maximum atomic E-state index is 12.5. The van der Waals surface area contributed by atoms with Crippen molar-refractivity contribution in [3.05, 3.63) is 23.9 Å². The first-order chi connectivity index (χ1) is 11.5. The standard InChI is InChI=1S/C17H26N4O2S/c1-12(18-3)11-20-15(22)14-7-6-8-19-16(14)24-13(2)17(23)21-9-4-5-10-21/h6-8,12-13,18H,4-5,9-11H2,1-3H3,(H,20,22). The first-order valence-corrected chi connectivity index (χ1v) is 9.26. The maximum Gasteiger partial charge on any atom is 0.254 e. The summed E-state index contributed by atoms with van der Waals surface area (Å²) in [6.07, 6.45) is 3.80. The van der Waals surface area contributed by atoms with Crippen LogP contribution in [0.4, 0.5) is 0 Å². The lowest BCUT2D eigenvalue weighted by Crippen LogP contribution is -2.37. The van der Waals surface area contributed by atoms with Crippen LogP contribution in [-0.4, -0.2) is 59.7 Å². The second-order valence-electron chi connectivity index (χ2n) is 6.05. The van der Waals surface area contributed by atoms with Gasteiger partial charge in [-0.25, -0.2) is 4.98 Å². The van der Waals surface area contributed by atoms with Crippen LogP contribution in [0.25, 0.3) is 0 Å². The van der Waals surface area contributed by atoms with Crippen LogP contribution in [0.1, 0.15) is 37.0 Å². The number of carbonyl (C=O) groups is 2. The normalized spacial score (nSPS) is 16.7. The molecule has 2 N–H and O–H groups in total. The van der Waals surface area contributed by atoms with Crippen LogP contribution in [0.5, 0.6) is 0 Å². The molecule has 7 heteroatoms. The average molecular weight is 350 g/mol. The van der Waals surface area contributed by atoms with Gasteiger partial charge in [-0.15, -0.1) is 0 Å². The molecular weight excluding hydrogens is 324 g/mol. The van der Waals surface area contributed by atoms with Crippen molar-refractivity contribution in [2.24, 2.45) is 0 Å². The molecule has 0 spiro atoms. The highest BCUT2D eigenvalue weighted by Crippen LogP contribution is 2.26. The molecule has 2 amide bonds. The molecule has 24 heavy (non-hydrogen) atoms. The summed E-state index contributed by atoms with van der Waals surface area (Å²) in [7, 11) is 1.85. The number of rotatable bonds is 7. The summed E-state index contributed by atoms with van der Waals surface area (Å²) < 4.78 is 0. The minimum atomic E-state index is -0.249. The number of carbonyl (C=O) groups excluding carboxylic acids is 2. The number of hydrogen-bond donors (Lipinski definition) is 2. The molecule has 1 fully saturated rings. The molecule has 0 bridgehead atoms. The molecule has 1 aromatic rings. The maximum absolute atomic E-state index is 12.5. The molecule has 0 aliphatic carbocycles. The number of pyridine rings is 1. The Hall–Kier alpha value is -1.60. The first kappa shape index (κ1) is 18.7. The molecule has 1 aromatic heterocycles. The molecule has 1 aliphatic rings. The Balaban J connectivity index is 2.02. The van der Waals surface area contributed by atoms with Crippen molar-refractivity contribution in [1.29, 1.82) is 0 Å². The molecule has 132 valence electrons. The highest BCUT2D eigenvalue weighted by atomic mass is 32.2. The monoisotopic (exact) mass is 350 g/mol.